The number of aromatic nitrogens is 1. The van der Waals surface area contributed by atoms with Crippen molar-refractivity contribution >= 4 is 38.1 Å². The van der Waals surface area contributed by atoms with Crippen LogP contribution in [0.1, 0.15) is 6.92 Å². The van der Waals surface area contributed by atoms with Crippen molar-refractivity contribution in [3.05, 3.63) is 29.8 Å². The zero-order valence-corrected chi connectivity index (χ0v) is 12.5. The van der Waals surface area contributed by atoms with Crippen LogP contribution in [-0.2, 0) is 14.8 Å². The minimum absolute atomic E-state index is 0.0415. The lowest BCUT2D eigenvalue weighted by Gasteiger charge is -2.23. The van der Waals surface area contributed by atoms with Crippen LogP contribution >= 0.6 is 11.3 Å². The van der Waals surface area contributed by atoms with Crippen LogP contribution in [0.2, 0.25) is 0 Å². The first-order chi connectivity index (χ1) is 9.95. The Balaban J connectivity index is 1.93. The highest BCUT2D eigenvalue weighted by Crippen LogP contribution is 2.32. The van der Waals surface area contributed by atoms with Gasteiger partial charge in [-0.1, -0.05) is 0 Å². The Hall–Kier alpha value is -2.13. The number of nitrogens with one attached hydrogen (secondary N) is 2. The topological polar surface area (TPSA) is 97.4 Å². The van der Waals surface area contributed by atoms with E-state index in [2.05, 4.69) is 15.0 Å². The molecule has 1 aliphatic rings. The average molecular weight is 325 g/mol. The highest BCUT2D eigenvalue weighted by Gasteiger charge is 2.25. The van der Waals surface area contributed by atoms with Crippen molar-refractivity contribution in [3.8, 4) is 5.75 Å². The average Bonchev–Trinajstić information content (AvgIpc) is 2.91. The van der Waals surface area contributed by atoms with Gasteiger partial charge in [0.15, 0.2) is 11.2 Å². The molecule has 0 saturated carbocycles. The smallest absolute Gasteiger partial charge is 0.265 e. The Morgan fingerprint density at radius 1 is 1.43 bits per heavy atom. The lowest BCUT2D eigenvalue weighted by atomic mass is 10.2. The predicted molar refractivity (Wildman–Crippen MR) is 78.1 cm³/mol. The van der Waals surface area contributed by atoms with Gasteiger partial charge in [-0.3, -0.25) is 9.52 Å². The number of ether oxygens (including phenoxy) is 1. The van der Waals surface area contributed by atoms with E-state index in [1.54, 1.807) is 12.3 Å². The van der Waals surface area contributed by atoms with Crippen LogP contribution in [-0.4, -0.2) is 25.4 Å². The predicted octanol–water partition coefficient (Wildman–Crippen LogP) is 1.66. The summed E-state index contributed by atoms with van der Waals surface area (Å²) in [5, 5.41) is 4.60. The molecule has 21 heavy (non-hydrogen) atoms. The van der Waals surface area contributed by atoms with Crippen LogP contribution in [0.4, 0.5) is 10.8 Å². The molecule has 1 aromatic carbocycles. The van der Waals surface area contributed by atoms with Gasteiger partial charge in [-0.05, 0) is 19.1 Å². The lowest BCUT2D eigenvalue weighted by Crippen LogP contribution is -2.34. The van der Waals surface area contributed by atoms with Crippen LogP contribution in [0.15, 0.2) is 34.7 Å². The van der Waals surface area contributed by atoms with Gasteiger partial charge in [0.1, 0.15) is 5.75 Å². The molecule has 0 spiro atoms. The third-order valence-electron chi connectivity index (χ3n) is 2.85. The van der Waals surface area contributed by atoms with Crippen LogP contribution in [0.25, 0.3) is 0 Å². The van der Waals surface area contributed by atoms with Crippen molar-refractivity contribution in [2.75, 3.05) is 10.0 Å². The van der Waals surface area contributed by atoms with Crippen molar-refractivity contribution in [1.82, 2.24) is 4.98 Å². The summed E-state index contributed by atoms with van der Waals surface area (Å²) in [6.45, 7) is 1.59. The first kappa shape index (κ1) is 13.8. The Morgan fingerprint density at radius 2 is 2.24 bits per heavy atom. The van der Waals surface area contributed by atoms with Gasteiger partial charge in [0.25, 0.3) is 15.9 Å². The Labute approximate surface area is 125 Å². The Morgan fingerprint density at radius 3 is 2.95 bits per heavy atom. The second-order valence-electron chi connectivity index (χ2n) is 4.35. The molecule has 2 heterocycles. The summed E-state index contributed by atoms with van der Waals surface area (Å²) in [5.41, 5.74) is 0.450. The maximum atomic E-state index is 12.2. The summed E-state index contributed by atoms with van der Waals surface area (Å²) in [4.78, 5) is 15.4. The molecule has 2 aromatic rings. The van der Waals surface area contributed by atoms with Gasteiger partial charge in [-0.15, -0.1) is 11.3 Å². The highest BCUT2D eigenvalue weighted by atomic mass is 32.2. The number of anilines is 2. The molecule has 0 bridgehead atoms. The molecule has 1 unspecified atom stereocenters. The molecule has 2 N–H and O–H groups in total. The summed E-state index contributed by atoms with van der Waals surface area (Å²) in [5.74, 6) is 0.0585. The zero-order valence-electron chi connectivity index (χ0n) is 10.9. The maximum absolute atomic E-state index is 12.2. The number of amides is 1. The van der Waals surface area contributed by atoms with Crippen molar-refractivity contribution in [2.24, 2.45) is 0 Å². The number of carbonyl (C=O) groups is 1. The van der Waals surface area contributed by atoms with Gasteiger partial charge in [-0.2, -0.15) is 0 Å². The summed E-state index contributed by atoms with van der Waals surface area (Å²) in [6.07, 6.45) is 0.845. The standard InChI is InChI=1S/C12H11N3O4S2/c1-7-11(16)14-9-3-2-8(6-10(9)19-7)21(17,18)15-12-13-4-5-20-12/h2-7H,1H3,(H,13,15)(H,14,16). The van der Waals surface area contributed by atoms with E-state index in [1.807, 2.05) is 0 Å². The lowest BCUT2D eigenvalue weighted by molar-refractivity contribution is -0.122. The first-order valence-electron chi connectivity index (χ1n) is 5.99. The van der Waals surface area contributed by atoms with E-state index in [0.29, 0.717) is 11.4 Å². The molecule has 0 fully saturated rings. The Kier molecular flexibility index (Phi) is 3.30. The molecule has 9 heteroatoms. The van der Waals surface area contributed by atoms with Crippen LogP contribution in [0.3, 0.4) is 0 Å². The highest BCUT2D eigenvalue weighted by molar-refractivity contribution is 7.93. The van der Waals surface area contributed by atoms with Gasteiger partial charge in [0, 0.05) is 17.6 Å². The number of thiazole rings is 1. The zero-order chi connectivity index (χ0) is 15.0. The number of rotatable bonds is 3. The molecule has 0 radical (unpaired) electrons. The second kappa shape index (κ2) is 5.01. The maximum Gasteiger partial charge on any atom is 0.265 e. The molecule has 0 aliphatic carbocycles. The number of fused-ring (bicyclic) bond motifs is 1. The molecular formula is C12H11N3O4S2. The normalized spacial score (nSPS) is 17.6. The van der Waals surface area contributed by atoms with Crippen molar-refractivity contribution in [2.45, 2.75) is 17.9 Å². The molecule has 1 aromatic heterocycles. The van der Waals surface area contributed by atoms with E-state index in [1.165, 1.54) is 35.7 Å². The van der Waals surface area contributed by atoms with Crippen molar-refractivity contribution in [3.63, 3.8) is 0 Å². The van der Waals surface area contributed by atoms with Gasteiger partial charge in [0.05, 0.1) is 10.6 Å². The van der Waals surface area contributed by atoms with Gasteiger partial charge in [-0.25, -0.2) is 13.4 Å². The van der Waals surface area contributed by atoms with Gasteiger partial charge in [0.2, 0.25) is 0 Å². The fraction of sp³-hybridized carbons (Fsp3) is 0.167. The van der Waals surface area contributed by atoms with E-state index in [4.69, 9.17) is 4.74 Å². The first-order valence-corrected chi connectivity index (χ1v) is 8.36. The molecule has 1 amide bonds. The summed E-state index contributed by atoms with van der Waals surface area (Å²) < 4.78 is 32.3. The van der Waals surface area contributed by atoms with E-state index in [0.717, 1.165) is 0 Å². The summed E-state index contributed by atoms with van der Waals surface area (Å²) >= 11 is 1.18. The third-order valence-corrected chi connectivity index (χ3v) is 5.00. The fourth-order valence-corrected chi connectivity index (χ4v) is 3.60. The molecule has 3 rings (SSSR count). The minimum atomic E-state index is -3.74. The van der Waals surface area contributed by atoms with Gasteiger partial charge < -0.3 is 10.1 Å². The minimum Gasteiger partial charge on any atom is -0.479 e. The van der Waals surface area contributed by atoms with E-state index < -0.39 is 16.1 Å². The monoisotopic (exact) mass is 325 g/mol. The number of hydrogen-bond acceptors (Lipinski definition) is 6. The van der Waals surface area contributed by atoms with E-state index in [-0.39, 0.29) is 15.9 Å². The van der Waals surface area contributed by atoms with Crippen LogP contribution in [0.5, 0.6) is 5.75 Å². The molecule has 110 valence electrons. The summed E-state index contributed by atoms with van der Waals surface area (Å²) in [6, 6.07) is 4.27. The van der Waals surface area contributed by atoms with E-state index >= 15 is 0 Å². The van der Waals surface area contributed by atoms with E-state index in [9.17, 15) is 13.2 Å². The molecule has 0 saturated heterocycles. The number of carbonyl (C=O) groups excluding carboxylic acids is 1. The second-order valence-corrected chi connectivity index (χ2v) is 6.93. The van der Waals surface area contributed by atoms with Crippen molar-refractivity contribution in [1.29, 1.82) is 0 Å². The number of nitrogens with zero attached hydrogens (tertiary/aromatic N) is 1. The van der Waals surface area contributed by atoms with Crippen LogP contribution in [0, 0.1) is 0 Å². The number of hydrogen-bond donors (Lipinski definition) is 2. The molecule has 7 nitrogen and oxygen atoms in total. The molecular weight excluding hydrogens is 314 g/mol. The Bertz CT molecular complexity index is 787. The molecule has 1 aliphatic heterocycles. The SMILES string of the molecule is CC1Oc2cc(S(=O)(=O)Nc3nccs3)ccc2NC1=O. The number of benzene rings is 1. The quantitative estimate of drug-likeness (QED) is 0.894. The molecule has 1 atom stereocenters. The fourth-order valence-electron chi connectivity index (χ4n) is 1.80. The van der Waals surface area contributed by atoms with Crippen LogP contribution < -0.4 is 14.8 Å². The van der Waals surface area contributed by atoms with Crippen molar-refractivity contribution < 1.29 is 17.9 Å². The summed E-state index contributed by atoms with van der Waals surface area (Å²) in [7, 11) is -3.74. The third kappa shape index (κ3) is 2.69. The number of sulfonamides is 1. The van der Waals surface area contributed by atoms with Gasteiger partial charge >= 0.3 is 0 Å². The largest absolute Gasteiger partial charge is 0.479 e.